The average Bonchev–Trinajstić information content (AvgIpc) is 3.37. The molecule has 7 nitrogen and oxygen atoms in total. The van der Waals surface area contributed by atoms with Crippen molar-refractivity contribution in [3.05, 3.63) is 77.1 Å². The molecule has 1 fully saturated rings. The number of nitrogen functional groups attached to an aromatic ring is 1. The Labute approximate surface area is 167 Å². The molecule has 0 radical (unpaired) electrons. The van der Waals surface area contributed by atoms with E-state index in [0.29, 0.717) is 24.4 Å². The molecule has 0 unspecified atom stereocenters. The van der Waals surface area contributed by atoms with Crippen LogP contribution >= 0.6 is 0 Å². The number of hydrogen-bond acceptors (Lipinski definition) is 4. The van der Waals surface area contributed by atoms with Crippen LogP contribution in [0.25, 0.3) is 0 Å². The van der Waals surface area contributed by atoms with Crippen LogP contribution in [0.15, 0.2) is 54.6 Å². The number of aromatic nitrogens is 2. The van der Waals surface area contributed by atoms with Crippen LogP contribution in [-0.4, -0.2) is 33.2 Å². The fraction of sp³-hybridized carbons (Fsp3) is 0.227. The number of aryl methyl sites for hydroxylation is 1. The summed E-state index contributed by atoms with van der Waals surface area (Å²) in [7, 11) is 0. The number of H-pyrrole nitrogens is 1. The molecule has 2 aromatic carbocycles. The van der Waals surface area contributed by atoms with E-state index in [4.69, 9.17) is 5.73 Å². The molecule has 3 heterocycles. The van der Waals surface area contributed by atoms with Gasteiger partial charge in [0.2, 0.25) is 5.91 Å². The lowest BCUT2D eigenvalue weighted by Crippen LogP contribution is -2.42. The average molecular weight is 387 g/mol. The van der Waals surface area contributed by atoms with Gasteiger partial charge in [0, 0.05) is 17.9 Å². The van der Waals surface area contributed by atoms with E-state index in [9.17, 15) is 9.59 Å². The van der Waals surface area contributed by atoms with Crippen LogP contribution in [0.1, 0.15) is 39.8 Å². The Morgan fingerprint density at radius 3 is 2.62 bits per heavy atom. The summed E-state index contributed by atoms with van der Waals surface area (Å²) in [6.45, 7) is 2.23. The molecular formula is C22H21N5O2. The minimum Gasteiger partial charge on any atom is -0.369 e. The summed E-state index contributed by atoms with van der Waals surface area (Å²) < 4.78 is 0. The van der Waals surface area contributed by atoms with Gasteiger partial charge < -0.3 is 20.9 Å². The Bertz CT molecular complexity index is 1120. The van der Waals surface area contributed by atoms with E-state index in [1.165, 1.54) is 0 Å². The van der Waals surface area contributed by atoms with Gasteiger partial charge >= 0.3 is 0 Å². The van der Waals surface area contributed by atoms with Gasteiger partial charge in [-0.05, 0) is 30.5 Å². The number of rotatable bonds is 2. The van der Waals surface area contributed by atoms with Gasteiger partial charge in [0.25, 0.3) is 5.91 Å². The topological polar surface area (TPSA) is 104 Å². The van der Waals surface area contributed by atoms with Crippen molar-refractivity contribution in [2.24, 2.45) is 0 Å². The molecule has 29 heavy (non-hydrogen) atoms. The fourth-order valence-corrected chi connectivity index (χ4v) is 4.83. The van der Waals surface area contributed by atoms with E-state index in [1.54, 1.807) is 11.8 Å². The molecule has 146 valence electrons. The monoisotopic (exact) mass is 387 g/mol. The number of anilines is 2. The third kappa shape index (κ3) is 2.40. The van der Waals surface area contributed by atoms with Gasteiger partial charge in [0.15, 0.2) is 11.6 Å². The van der Waals surface area contributed by atoms with E-state index in [0.717, 1.165) is 16.8 Å². The molecule has 0 bridgehead atoms. The first-order chi connectivity index (χ1) is 14.0. The Balaban J connectivity index is 1.68. The van der Waals surface area contributed by atoms with Crippen molar-refractivity contribution < 1.29 is 9.59 Å². The van der Waals surface area contributed by atoms with Gasteiger partial charge in [-0.25, -0.2) is 4.98 Å². The maximum atomic E-state index is 13.5. The van der Waals surface area contributed by atoms with Gasteiger partial charge in [0.05, 0.1) is 6.04 Å². The smallest absolute Gasteiger partial charge is 0.274 e. The molecule has 0 aliphatic carbocycles. The van der Waals surface area contributed by atoms with Crippen LogP contribution < -0.4 is 11.1 Å². The van der Waals surface area contributed by atoms with Gasteiger partial charge in [-0.2, -0.15) is 0 Å². The second-order valence-corrected chi connectivity index (χ2v) is 7.63. The Hall–Kier alpha value is -3.61. The minimum absolute atomic E-state index is 0.0684. The van der Waals surface area contributed by atoms with Crippen molar-refractivity contribution in [2.75, 3.05) is 17.6 Å². The Morgan fingerprint density at radius 1 is 1.17 bits per heavy atom. The zero-order chi connectivity index (χ0) is 20.2. The second kappa shape index (κ2) is 6.20. The van der Waals surface area contributed by atoms with E-state index in [-0.39, 0.29) is 17.8 Å². The number of carbonyl (C=O) groups excluding carboxylic acids is 2. The number of benzene rings is 2. The molecule has 2 amide bonds. The van der Waals surface area contributed by atoms with Crippen molar-refractivity contribution in [1.82, 2.24) is 14.9 Å². The van der Waals surface area contributed by atoms with Crippen molar-refractivity contribution in [1.29, 1.82) is 0 Å². The summed E-state index contributed by atoms with van der Waals surface area (Å²) >= 11 is 0. The number of carbonyl (C=O) groups is 2. The van der Waals surface area contributed by atoms with E-state index < -0.39 is 11.5 Å². The molecule has 2 atom stereocenters. The quantitative estimate of drug-likeness (QED) is 0.629. The fourth-order valence-electron chi connectivity index (χ4n) is 4.83. The number of para-hydroxylation sites is 1. The first kappa shape index (κ1) is 17.5. The summed E-state index contributed by atoms with van der Waals surface area (Å²) in [5.41, 5.74) is 8.52. The molecule has 1 aromatic heterocycles. The zero-order valence-electron chi connectivity index (χ0n) is 16.0. The molecule has 5 rings (SSSR count). The summed E-state index contributed by atoms with van der Waals surface area (Å²) in [5, 5.41) is 3.03. The standard InChI is InChI=1S/C22H21N5O2/c1-13-17(26-21(23)24-13)19(28)27-12-11-22(18(27)14-7-3-2-4-8-14)15-9-5-6-10-16(15)25-20(22)29/h2-10,18H,11-12H2,1H3,(H,25,29)(H3,23,24,26)/t18-,22+/m0/s1. The lowest BCUT2D eigenvalue weighted by molar-refractivity contribution is -0.121. The molecule has 4 N–H and O–H groups in total. The molecule has 7 heteroatoms. The number of amides is 2. The Kier molecular flexibility index (Phi) is 3.74. The zero-order valence-corrected chi connectivity index (χ0v) is 16.0. The van der Waals surface area contributed by atoms with Crippen molar-refractivity contribution >= 4 is 23.5 Å². The van der Waals surface area contributed by atoms with Gasteiger partial charge in [-0.3, -0.25) is 9.59 Å². The highest BCUT2D eigenvalue weighted by molar-refractivity contribution is 6.08. The summed E-state index contributed by atoms with van der Waals surface area (Å²) in [5.74, 6) is -0.0838. The summed E-state index contributed by atoms with van der Waals surface area (Å²) in [6.07, 6.45) is 0.542. The maximum Gasteiger partial charge on any atom is 0.274 e. The molecule has 2 aliphatic rings. The third-order valence-electron chi connectivity index (χ3n) is 6.07. The number of nitrogens with zero attached hydrogens (tertiary/aromatic N) is 2. The van der Waals surface area contributed by atoms with E-state index in [1.807, 2.05) is 54.6 Å². The van der Waals surface area contributed by atoms with E-state index >= 15 is 0 Å². The van der Waals surface area contributed by atoms with Crippen LogP contribution in [0.2, 0.25) is 0 Å². The SMILES string of the molecule is Cc1[nH]c(N)nc1C(=O)N1CC[C@]2(C(=O)Nc3ccccc32)[C@@H]1c1ccccc1. The highest BCUT2D eigenvalue weighted by Crippen LogP contribution is 2.54. The molecular weight excluding hydrogens is 366 g/mol. The number of aromatic amines is 1. The van der Waals surface area contributed by atoms with E-state index in [2.05, 4.69) is 15.3 Å². The normalized spacial score (nSPS) is 22.7. The molecule has 1 saturated heterocycles. The highest BCUT2D eigenvalue weighted by Gasteiger charge is 2.59. The number of likely N-dealkylation sites (tertiary alicyclic amines) is 1. The molecule has 3 aromatic rings. The first-order valence-corrected chi connectivity index (χ1v) is 9.61. The molecule has 0 saturated carbocycles. The lowest BCUT2D eigenvalue weighted by atomic mass is 9.72. The number of hydrogen-bond donors (Lipinski definition) is 3. The first-order valence-electron chi connectivity index (χ1n) is 9.61. The van der Waals surface area contributed by atoms with Crippen molar-refractivity contribution in [3.8, 4) is 0 Å². The maximum absolute atomic E-state index is 13.5. The number of nitrogens with two attached hydrogens (primary N) is 1. The largest absolute Gasteiger partial charge is 0.369 e. The van der Waals surface area contributed by atoms with Gasteiger partial charge in [-0.1, -0.05) is 48.5 Å². The van der Waals surface area contributed by atoms with Crippen molar-refractivity contribution in [2.45, 2.75) is 24.8 Å². The van der Waals surface area contributed by atoms with Crippen LogP contribution in [0, 0.1) is 6.92 Å². The predicted molar refractivity (Wildman–Crippen MR) is 109 cm³/mol. The van der Waals surface area contributed by atoms with Crippen LogP contribution in [0.3, 0.4) is 0 Å². The Morgan fingerprint density at radius 2 is 1.90 bits per heavy atom. The highest BCUT2D eigenvalue weighted by atomic mass is 16.2. The van der Waals surface area contributed by atoms with Gasteiger partial charge in [-0.15, -0.1) is 0 Å². The third-order valence-corrected chi connectivity index (χ3v) is 6.07. The predicted octanol–water partition coefficient (Wildman–Crippen LogP) is 2.78. The van der Waals surface area contributed by atoms with Crippen LogP contribution in [0.4, 0.5) is 11.6 Å². The summed E-state index contributed by atoms with van der Waals surface area (Å²) in [6, 6.07) is 17.0. The molecule has 1 spiro atoms. The number of fused-ring (bicyclic) bond motifs is 2. The lowest BCUT2D eigenvalue weighted by Gasteiger charge is -2.34. The second-order valence-electron chi connectivity index (χ2n) is 7.63. The van der Waals surface area contributed by atoms with Crippen LogP contribution in [-0.2, 0) is 10.2 Å². The minimum atomic E-state index is -0.830. The van der Waals surface area contributed by atoms with Crippen molar-refractivity contribution in [3.63, 3.8) is 0 Å². The number of nitrogens with one attached hydrogen (secondary N) is 2. The van der Waals surface area contributed by atoms with Crippen LogP contribution in [0.5, 0.6) is 0 Å². The summed E-state index contributed by atoms with van der Waals surface area (Å²) in [4.78, 5) is 35.7. The number of imidazole rings is 1. The van der Waals surface area contributed by atoms with Gasteiger partial charge in [0.1, 0.15) is 5.41 Å². The molecule has 2 aliphatic heterocycles.